The minimum absolute atomic E-state index is 0.914. The molecule has 0 unspecified atom stereocenters. The van der Waals surface area contributed by atoms with Gasteiger partial charge in [0.15, 0.2) is 0 Å². The van der Waals surface area contributed by atoms with Crippen molar-refractivity contribution in [2.75, 3.05) is 0 Å². The molecule has 0 aliphatic heterocycles. The maximum Gasteiger partial charge on any atom is 0.0819 e. The third-order valence-corrected chi connectivity index (χ3v) is 15.4. The molecule has 3 heterocycles. The number of para-hydroxylation sites is 2. The SMILES string of the molecule is c1ccc(-c2ccc(-c3cccc(-c4ccc(-c5ccccc5-c5cc(-c6ccccc6-c6cnn(-c7ccccc7)c6-c6ccccc6)cc(-c6ccccc6-c6cnn(-c7ccccc7)c6-c6ccccc6)c5)cn4)c3)cc2)cc1. The highest BCUT2D eigenvalue weighted by Gasteiger charge is 2.23. The van der Waals surface area contributed by atoms with Crippen LogP contribution in [0.4, 0.5) is 0 Å². The average molecular weight is 1050 g/mol. The maximum absolute atomic E-state index is 5.17. The van der Waals surface area contributed by atoms with Crippen molar-refractivity contribution in [2.45, 2.75) is 0 Å². The topological polar surface area (TPSA) is 48.5 Å². The second-order valence-electron chi connectivity index (χ2n) is 20.4. The summed E-state index contributed by atoms with van der Waals surface area (Å²) in [5.41, 5.74) is 25.8. The van der Waals surface area contributed by atoms with Crippen LogP contribution in [0.1, 0.15) is 0 Å². The van der Waals surface area contributed by atoms with Gasteiger partial charge in [-0.05, 0) is 127 Å². The summed E-state index contributed by atoms with van der Waals surface area (Å²) in [6, 6.07) is 108. The van der Waals surface area contributed by atoms with Gasteiger partial charge in [0, 0.05) is 39.6 Å². The molecule has 0 atom stereocenters. The van der Waals surface area contributed by atoms with Gasteiger partial charge in [-0.2, -0.15) is 10.2 Å². The lowest BCUT2D eigenvalue weighted by Gasteiger charge is -2.18. The van der Waals surface area contributed by atoms with Gasteiger partial charge < -0.3 is 0 Å². The summed E-state index contributed by atoms with van der Waals surface area (Å²) < 4.78 is 4.13. The normalized spacial score (nSPS) is 11.2. The first-order valence-corrected chi connectivity index (χ1v) is 27.7. The van der Waals surface area contributed by atoms with Crippen LogP contribution < -0.4 is 0 Å². The Morgan fingerprint density at radius 3 is 0.951 bits per heavy atom. The Bertz CT molecular complexity index is 4330. The molecule has 82 heavy (non-hydrogen) atoms. The highest BCUT2D eigenvalue weighted by molar-refractivity contribution is 5.97. The molecule has 3 aromatic heterocycles. The van der Waals surface area contributed by atoms with Crippen LogP contribution in [0, 0.1) is 0 Å². The second kappa shape index (κ2) is 22.0. The van der Waals surface area contributed by atoms with Gasteiger partial charge in [0.1, 0.15) is 0 Å². The fourth-order valence-electron chi connectivity index (χ4n) is 11.5. The summed E-state index contributed by atoms with van der Waals surface area (Å²) in [6.07, 6.45) is 6.07. The molecule has 0 bridgehead atoms. The van der Waals surface area contributed by atoms with Crippen LogP contribution in [0.5, 0.6) is 0 Å². The zero-order valence-corrected chi connectivity index (χ0v) is 44.8. The first-order valence-electron chi connectivity index (χ1n) is 27.7. The van der Waals surface area contributed by atoms with Crippen molar-refractivity contribution in [3.63, 3.8) is 0 Å². The van der Waals surface area contributed by atoms with E-state index in [0.717, 1.165) is 123 Å². The second-order valence-corrected chi connectivity index (χ2v) is 20.4. The Labute approximate surface area is 478 Å². The molecule has 386 valence electrons. The van der Waals surface area contributed by atoms with Crippen LogP contribution in [0.3, 0.4) is 0 Å². The van der Waals surface area contributed by atoms with E-state index in [4.69, 9.17) is 15.2 Å². The highest BCUT2D eigenvalue weighted by Crippen LogP contribution is 2.46. The van der Waals surface area contributed by atoms with Gasteiger partial charge in [-0.1, -0.05) is 249 Å². The minimum atomic E-state index is 0.914. The smallest absolute Gasteiger partial charge is 0.0819 e. The third-order valence-electron chi connectivity index (χ3n) is 15.4. The van der Waals surface area contributed by atoms with Crippen molar-refractivity contribution >= 4 is 0 Å². The predicted octanol–water partition coefficient (Wildman–Crippen LogP) is 19.8. The third kappa shape index (κ3) is 9.63. The highest BCUT2D eigenvalue weighted by atomic mass is 15.3. The van der Waals surface area contributed by atoms with Crippen molar-refractivity contribution in [1.29, 1.82) is 0 Å². The van der Waals surface area contributed by atoms with E-state index < -0.39 is 0 Å². The van der Waals surface area contributed by atoms with Gasteiger partial charge in [0.05, 0.1) is 40.9 Å². The number of hydrogen-bond donors (Lipinski definition) is 0. The van der Waals surface area contributed by atoms with Crippen LogP contribution in [0.25, 0.3) is 134 Å². The lowest BCUT2D eigenvalue weighted by Crippen LogP contribution is -1.99. The molecule has 5 nitrogen and oxygen atoms in total. The largest absolute Gasteiger partial charge is 0.256 e. The first-order chi connectivity index (χ1) is 40.7. The number of rotatable bonds is 13. The minimum Gasteiger partial charge on any atom is -0.256 e. The molecule has 0 aliphatic rings. The van der Waals surface area contributed by atoms with Crippen LogP contribution in [0.2, 0.25) is 0 Å². The average Bonchev–Trinajstić information content (AvgIpc) is 4.41. The van der Waals surface area contributed by atoms with Crippen LogP contribution in [-0.2, 0) is 0 Å². The van der Waals surface area contributed by atoms with Gasteiger partial charge in [0.25, 0.3) is 0 Å². The molecule has 0 amide bonds. The lowest BCUT2D eigenvalue weighted by molar-refractivity contribution is 0.888. The molecule has 0 spiro atoms. The zero-order chi connectivity index (χ0) is 54.6. The molecule has 14 aromatic rings. The summed E-state index contributed by atoms with van der Waals surface area (Å²) in [7, 11) is 0. The lowest BCUT2D eigenvalue weighted by atomic mass is 9.86. The van der Waals surface area contributed by atoms with Gasteiger partial charge in [0.2, 0.25) is 0 Å². The van der Waals surface area contributed by atoms with Gasteiger partial charge >= 0.3 is 0 Å². The Morgan fingerprint density at radius 2 is 0.512 bits per heavy atom. The predicted molar refractivity (Wildman–Crippen MR) is 338 cm³/mol. The van der Waals surface area contributed by atoms with Gasteiger partial charge in [-0.15, -0.1) is 0 Å². The van der Waals surface area contributed by atoms with E-state index in [1.54, 1.807) is 0 Å². The number of pyridine rings is 1. The fourth-order valence-corrected chi connectivity index (χ4v) is 11.5. The summed E-state index contributed by atoms with van der Waals surface area (Å²) in [6.45, 7) is 0. The Kier molecular flexibility index (Phi) is 13.2. The molecule has 0 radical (unpaired) electrons. The van der Waals surface area contributed by atoms with Crippen LogP contribution in [0.15, 0.2) is 322 Å². The monoisotopic (exact) mass is 1050 g/mol. The van der Waals surface area contributed by atoms with Crippen LogP contribution in [-0.4, -0.2) is 24.5 Å². The number of nitrogens with zero attached hydrogens (tertiary/aromatic N) is 5. The fraction of sp³-hybridized carbons (Fsp3) is 0. The van der Waals surface area contributed by atoms with E-state index in [-0.39, 0.29) is 0 Å². The Balaban J connectivity index is 0.914. The van der Waals surface area contributed by atoms with Crippen molar-refractivity contribution in [1.82, 2.24) is 24.5 Å². The molecule has 0 saturated carbocycles. The van der Waals surface area contributed by atoms with E-state index in [1.807, 2.05) is 30.7 Å². The Hall–Kier alpha value is -11.0. The van der Waals surface area contributed by atoms with Gasteiger partial charge in [-0.25, -0.2) is 9.36 Å². The summed E-state index contributed by atoms with van der Waals surface area (Å²) in [5, 5.41) is 10.2. The van der Waals surface area contributed by atoms with E-state index in [2.05, 4.69) is 301 Å². The Morgan fingerprint density at radius 1 is 0.195 bits per heavy atom. The summed E-state index contributed by atoms with van der Waals surface area (Å²) in [4.78, 5) is 5.17. The molecule has 11 aromatic carbocycles. The molecule has 14 rings (SSSR count). The quantitative estimate of drug-likeness (QED) is 0.116. The molecule has 0 aliphatic carbocycles. The van der Waals surface area contributed by atoms with Crippen molar-refractivity contribution in [3.8, 4) is 134 Å². The molecule has 0 fully saturated rings. The van der Waals surface area contributed by atoms with Crippen molar-refractivity contribution in [3.05, 3.63) is 322 Å². The molecule has 0 N–H and O–H groups in total. The van der Waals surface area contributed by atoms with E-state index in [1.165, 1.54) is 11.1 Å². The summed E-state index contributed by atoms with van der Waals surface area (Å²) in [5.74, 6) is 0. The van der Waals surface area contributed by atoms with E-state index in [0.29, 0.717) is 0 Å². The standard InChI is InChI=1S/C77H53N5/c1-6-23-54(24-7-1)55-41-43-56(44-42-55)59-29-22-30-60(47-59)75-46-45-61(51-78-75)67-35-16-17-36-68(67)62-48-63(69-37-18-20-39-71(69)73-52-79-81(65-31-12-4-13-32-65)76(73)57-25-8-2-9-26-57)50-64(49-62)70-38-19-21-40-72(70)74-53-80-82(66-33-14-5-15-34-66)77(74)58-27-10-3-11-28-58/h1-53H. The van der Waals surface area contributed by atoms with Crippen LogP contribution >= 0.6 is 0 Å². The van der Waals surface area contributed by atoms with E-state index >= 15 is 0 Å². The molecular weight excluding hydrogens is 995 g/mol. The van der Waals surface area contributed by atoms with Crippen molar-refractivity contribution in [2.24, 2.45) is 0 Å². The van der Waals surface area contributed by atoms with Gasteiger partial charge in [-0.3, -0.25) is 4.98 Å². The number of benzene rings is 11. The maximum atomic E-state index is 5.17. The molecular formula is C77H53N5. The molecule has 0 saturated heterocycles. The van der Waals surface area contributed by atoms with Crippen molar-refractivity contribution < 1.29 is 0 Å². The zero-order valence-electron chi connectivity index (χ0n) is 44.8. The number of hydrogen-bond acceptors (Lipinski definition) is 3. The molecule has 5 heteroatoms. The number of aromatic nitrogens is 5. The first kappa shape index (κ1) is 49.3. The van der Waals surface area contributed by atoms with E-state index in [9.17, 15) is 0 Å². The summed E-state index contributed by atoms with van der Waals surface area (Å²) >= 11 is 0.